The van der Waals surface area contributed by atoms with Gasteiger partial charge >= 0.3 is 0 Å². The molecule has 0 saturated carbocycles. The molecule has 2 rings (SSSR count). The number of rotatable bonds is 3. The van der Waals surface area contributed by atoms with Gasteiger partial charge in [0.05, 0.1) is 0 Å². The van der Waals surface area contributed by atoms with E-state index in [1.165, 1.54) is 6.08 Å². The molecule has 1 heterocycles. The first-order valence-electron chi connectivity index (χ1n) is 5.62. The van der Waals surface area contributed by atoms with Gasteiger partial charge in [-0.05, 0) is 30.7 Å². The Morgan fingerprint density at radius 2 is 2.41 bits per heavy atom. The van der Waals surface area contributed by atoms with Crippen LogP contribution in [0.15, 0.2) is 36.9 Å². The number of amides is 1. The van der Waals surface area contributed by atoms with E-state index in [1.807, 2.05) is 24.3 Å². The number of halogens is 1. The summed E-state index contributed by atoms with van der Waals surface area (Å²) in [6.07, 6.45) is 2.26. The number of nitrogens with zero attached hydrogens (tertiary/aromatic N) is 1. The van der Waals surface area contributed by atoms with Gasteiger partial charge in [-0.1, -0.05) is 24.2 Å². The molecule has 1 atom stereocenters. The van der Waals surface area contributed by atoms with Crippen LogP contribution in [-0.4, -0.2) is 25.0 Å². The minimum atomic E-state index is -0.108. The van der Waals surface area contributed by atoms with Crippen molar-refractivity contribution in [2.24, 2.45) is 0 Å². The third-order valence-electron chi connectivity index (χ3n) is 2.89. The summed E-state index contributed by atoms with van der Waals surface area (Å²) in [6.45, 7) is 5.20. The van der Waals surface area contributed by atoms with E-state index < -0.39 is 0 Å². The van der Waals surface area contributed by atoms with Crippen molar-refractivity contribution in [1.29, 1.82) is 0 Å². The zero-order valence-corrected chi connectivity index (χ0v) is 10.3. The summed E-state index contributed by atoms with van der Waals surface area (Å²) in [5, 5.41) is 3.65. The van der Waals surface area contributed by atoms with Gasteiger partial charge in [0.1, 0.15) is 0 Å². The Hall–Kier alpha value is -1.48. The lowest BCUT2D eigenvalue weighted by atomic mass is 10.2. The fourth-order valence-electron chi connectivity index (χ4n) is 2.05. The van der Waals surface area contributed by atoms with Gasteiger partial charge in [0.15, 0.2) is 0 Å². The van der Waals surface area contributed by atoms with Crippen molar-refractivity contribution in [3.05, 3.63) is 41.9 Å². The average molecular weight is 251 g/mol. The van der Waals surface area contributed by atoms with Crippen LogP contribution >= 0.6 is 11.6 Å². The maximum Gasteiger partial charge on any atom is 0.243 e. The smallest absolute Gasteiger partial charge is 0.243 e. The van der Waals surface area contributed by atoms with Crippen LogP contribution in [0.2, 0.25) is 5.02 Å². The molecule has 0 aliphatic carbocycles. The number of anilines is 1. The molecule has 1 fully saturated rings. The summed E-state index contributed by atoms with van der Waals surface area (Å²) < 4.78 is 0. The molecule has 1 saturated heterocycles. The van der Waals surface area contributed by atoms with E-state index in [4.69, 9.17) is 11.6 Å². The summed E-state index contributed by atoms with van der Waals surface area (Å²) in [4.78, 5) is 13.4. The molecular formula is C13H15ClN2O. The van der Waals surface area contributed by atoms with Gasteiger partial charge in [0.2, 0.25) is 5.91 Å². The largest absolute Gasteiger partial charge is 0.369 e. The number of hydrogen-bond acceptors (Lipinski definition) is 2. The molecule has 0 spiro atoms. The van der Waals surface area contributed by atoms with Crippen LogP contribution in [0.5, 0.6) is 0 Å². The van der Waals surface area contributed by atoms with Crippen molar-refractivity contribution < 1.29 is 4.79 Å². The molecule has 4 heteroatoms. The molecule has 1 aromatic rings. The first kappa shape index (κ1) is 12.0. The SMILES string of the molecule is C=CC(=O)NC1CCN(c2cccc(Cl)c2)C1. The van der Waals surface area contributed by atoms with Crippen LogP contribution in [0.4, 0.5) is 5.69 Å². The second kappa shape index (κ2) is 5.23. The van der Waals surface area contributed by atoms with Gasteiger partial charge in [-0.2, -0.15) is 0 Å². The predicted molar refractivity (Wildman–Crippen MR) is 70.4 cm³/mol. The Morgan fingerprint density at radius 3 is 3.12 bits per heavy atom. The highest BCUT2D eigenvalue weighted by molar-refractivity contribution is 6.30. The van der Waals surface area contributed by atoms with Crippen molar-refractivity contribution in [3.63, 3.8) is 0 Å². The standard InChI is InChI=1S/C13H15ClN2O/c1-2-13(17)15-11-6-7-16(9-11)12-5-3-4-10(14)8-12/h2-5,8,11H,1,6-7,9H2,(H,15,17). The zero-order valence-electron chi connectivity index (χ0n) is 9.53. The van der Waals surface area contributed by atoms with Crippen LogP contribution in [0.3, 0.4) is 0 Å². The van der Waals surface area contributed by atoms with Crippen LogP contribution < -0.4 is 10.2 Å². The zero-order chi connectivity index (χ0) is 12.3. The molecule has 1 N–H and O–H groups in total. The first-order chi connectivity index (χ1) is 8.19. The lowest BCUT2D eigenvalue weighted by Gasteiger charge is -2.19. The quantitative estimate of drug-likeness (QED) is 0.835. The van der Waals surface area contributed by atoms with E-state index in [2.05, 4.69) is 16.8 Å². The molecule has 0 aromatic heterocycles. The second-order valence-electron chi connectivity index (χ2n) is 4.12. The predicted octanol–water partition coefficient (Wildman–Crippen LogP) is 2.22. The van der Waals surface area contributed by atoms with Gasteiger partial charge in [-0.25, -0.2) is 0 Å². The van der Waals surface area contributed by atoms with Gasteiger partial charge < -0.3 is 10.2 Å². The van der Waals surface area contributed by atoms with E-state index in [-0.39, 0.29) is 11.9 Å². The molecule has 1 aliphatic heterocycles. The molecule has 1 amide bonds. The summed E-state index contributed by atoms with van der Waals surface area (Å²) in [6, 6.07) is 7.97. The van der Waals surface area contributed by atoms with Crippen LogP contribution in [0, 0.1) is 0 Å². The van der Waals surface area contributed by atoms with Crippen molar-refractivity contribution >= 4 is 23.2 Å². The second-order valence-corrected chi connectivity index (χ2v) is 4.56. The van der Waals surface area contributed by atoms with Crippen molar-refractivity contribution in [1.82, 2.24) is 5.32 Å². The van der Waals surface area contributed by atoms with E-state index in [0.717, 1.165) is 30.2 Å². The van der Waals surface area contributed by atoms with Crippen molar-refractivity contribution in [2.75, 3.05) is 18.0 Å². The van der Waals surface area contributed by atoms with Crippen LogP contribution in [-0.2, 0) is 4.79 Å². The minimum absolute atomic E-state index is 0.108. The highest BCUT2D eigenvalue weighted by atomic mass is 35.5. The summed E-state index contributed by atoms with van der Waals surface area (Å²) in [7, 11) is 0. The molecule has 1 aliphatic rings. The highest BCUT2D eigenvalue weighted by Crippen LogP contribution is 2.23. The van der Waals surface area contributed by atoms with Gasteiger partial charge in [-0.15, -0.1) is 0 Å². The lowest BCUT2D eigenvalue weighted by molar-refractivity contribution is -0.117. The number of benzene rings is 1. The maximum atomic E-state index is 11.2. The van der Waals surface area contributed by atoms with Crippen LogP contribution in [0.1, 0.15) is 6.42 Å². The summed E-state index contributed by atoms with van der Waals surface area (Å²) >= 11 is 5.96. The lowest BCUT2D eigenvalue weighted by Crippen LogP contribution is -2.35. The van der Waals surface area contributed by atoms with E-state index >= 15 is 0 Å². The Bertz CT molecular complexity index is 433. The fraction of sp³-hybridized carbons (Fsp3) is 0.308. The van der Waals surface area contributed by atoms with Crippen molar-refractivity contribution in [2.45, 2.75) is 12.5 Å². The highest BCUT2D eigenvalue weighted by Gasteiger charge is 2.23. The maximum absolute atomic E-state index is 11.2. The first-order valence-corrected chi connectivity index (χ1v) is 6.00. The molecule has 3 nitrogen and oxygen atoms in total. The van der Waals surface area contributed by atoms with Gasteiger partial charge in [0.25, 0.3) is 0 Å². The molecular weight excluding hydrogens is 236 g/mol. The average Bonchev–Trinajstić information content (AvgIpc) is 2.77. The summed E-state index contributed by atoms with van der Waals surface area (Å²) in [5.74, 6) is -0.108. The molecule has 17 heavy (non-hydrogen) atoms. The minimum Gasteiger partial charge on any atom is -0.369 e. The van der Waals surface area contributed by atoms with Gasteiger partial charge in [-0.3, -0.25) is 4.79 Å². The number of hydrogen-bond donors (Lipinski definition) is 1. The molecule has 1 aromatic carbocycles. The van der Waals surface area contributed by atoms with Crippen molar-refractivity contribution in [3.8, 4) is 0 Å². The monoisotopic (exact) mass is 250 g/mol. The fourth-order valence-corrected chi connectivity index (χ4v) is 2.23. The van der Waals surface area contributed by atoms with E-state index in [0.29, 0.717) is 0 Å². The Balaban J connectivity index is 1.98. The van der Waals surface area contributed by atoms with E-state index in [9.17, 15) is 4.79 Å². The number of carbonyl (C=O) groups excluding carboxylic acids is 1. The molecule has 0 radical (unpaired) electrons. The normalized spacial score (nSPS) is 19.1. The van der Waals surface area contributed by atoms with Gasteiger partial charge in [0, 0.05) is 29.8 Å². The third-order valence-corrected chi connectivity index (χ3v) is 3.13. The number of nitrogens with one attached hydrogen (secondary N) is 1. The third kappa shape index (κ3) is 3.01. The van der Waals surface area contributed by atoms with E-state index in [1.54, 1.807) is 0 Å². The topological polar surface area (TPSA) is 32.3 Å². The number of carbonyl (C=O) groups is 1. The van der Waals surface area contributed by atoms with Crippen LogP contribution in [0.25, 0.3) is 0 Å². The Labute approximate surface area is 106 Å². The molecule has 90 valence electrons. The molecule has 1 unspecified atom stereocenters. The Morgan fingerprint density at radius 1 is 1.59 bits per heavy atom. The Kier molecular flexibility index (Phi) is 3.69. The summed E-state index contributed by atoms with van der Waals surface area (Å²) in [5.41, 5.74) is 1.10. The molecule has 0 bridgehead atoms.